The van der Waals surface area contributed by atoms with E-state index in [1.165, 1.54) is 24.3 Å². The molecule has 1 aliphatic carbocycles. The largest absolute Gasteiger partial charge is 0.494 e. The van der Waals surface area contributed by atoms with E-state index in [-0.39, 0.29) is 28.1 Å². The lowest BCUT2D eigenvalue weighted by atomic mass is 10.2. The summed E-state index contributed by atoms with van der Waals surface area (Å²) in [4.78, 5) is 24.1. The molecule has 29 heavy (non-hydrogen) atoms. The minimum absolute atomic E-state index is 0.0150. The molecule has 0 heterocycles. The average Bonchev–Trinajstić information content (AvgIpc) is 3.51. The number of ether oxygens (including phenoxy) is 2. The van der Waals surface area contributed by atoms with Crippen molar-refractivity contribution < 1.29 is 27.5 Å². The standard InChI is InChI=1S/C20H22N2O6S/c1-2-27-15-9-11-16(12-10-15)29(25,26)22-18-6-4-3-5-17(18)20(24)28-13-19(23)21-14-7-8-14/h3-6,9-12,14,22H,2,7-8,13H2,1H3,(H,21,23). The number of amides is 1. The van der Waals surface area contributed by atoms with E-state index in [2.05, 4.69) is 10.0 Å². The number of carbonyl (C=O) groups is 2. The number of carbonyl (C=O) groups excluding carboxylic acids is 2. The van der Waals surface area contributed by atoms with E-state index in [1.807, 2.05) is 6.92 Å². The summed E-state index contributed by atoms with van der Waals surface area (Å²) < 4.78 is 38.1. The van der Waals surface area contributed by atoms with Gasteiger partial charge in [0.2, 0.25) is 0 Å². The van der Waals surface area contributed by atoms with Gasteiger partial charge in [0.25, 0.3) is 15.9 Å². The fraction of sp³-hybridized carbons (Fsp3) is 0.300. The summed E-state index contributed by atoms with van der Waals surface area (Å²) in [7, 11) is -3.93. The fourth-order valence-corrected chi connectivity index (χ4v) is 3.62. The Bertz CT molecular complexity index is 984. The molecule has 1 amide bonds. The van der Waals surface area contributed by atoms with Crippen molar-refractivity contribution in [1.82, 2.24) is 5.32 Å². The number of nitrogens with one attached hydrogen (secondary N) is 2. The Morgan fingerprint density at radius 1 is 1.07 bits per heavy atom. The summed E-state index contributed by atoms with van der Waals surface area (Å²) in [5.41, 5.74) is 0.0789. The molecule has 2 N–H and O–H groups in total. The zero-order chi connectivity index (χ0) is 20.9. The van der Waals surface area contributed by atoms with E-state index in [4.69, 9.17) is 9.47 Å². The Labute approximate surface area is 169 Å². The third-order valence-electron chi connectivity index (χ3n) is 4.11. The van der Waals surface area contributed by atoms with Crippen LogP contribution >= 0.6 is 0 Å². The maximum atomic E-state index is 12.7. The topological polar surface area (TPSA) is 111 Å². The second-order valence-electron chi connectivity index (χ2n) is 6.47. The maximum Gasteiger partial charge on any atom is 0.340 e. The van der Waals surface area contributed by atoms with Crippen molar-refractivity contribution in [3.05, 3.63) is 54.1 Å². The maximum absolute atomic E-state index is 12.7. The van der Waals surface area contributed by atoms with Gasteiger partial charge < -0.3 is 14.8 Å². The second-order valence-corrected chi connectivity index (χ2v) is 8.16. The minimum Gasteiger partial charge on any atom is -0.494 e. The van der Waals surface area contributed by atoms with Gasteiger partial charge in [0.1, 0.15) is 5.75 Å². The molecule has 1 saturated carbocycles. The molecule has 0 aliphatic heterocycles. The smallest absolute Gasteiger partial charge is 0.340 e. The van der Waals surface area contributed by atoms with Crippen molar-refractivity contribution in [2.75, 3.05) is 17.9 Å². The molecule has 8 nitrogen and oxygen atoms in total. The molecule has 0 spiro atoms. The summed E-state index contributed by atoms with van der Waals surface area (Å²) in [5, 5.41) is 2.71. The van der Waals surface area contributed by atoms with Crippen LogP contribution in [0.4, 0.5) is 5.69 Å². The first kappa shape index (κ1) is 20.7. The Hall–Kier alpha value is -3.07. The second kappa shape index (κ2) is 8.95. The van der Waals surface area contributed by atoms with E-state index in [1.54, 1.807) is 24.3 Å². The summed E-state index contributed by atoms with van der Waals surface area (Å²) >= 11 is 0. The van der Waals surface area contributed by atoms with Gasteiger partial charge in [-0.1, -0.05) is 12.1 Å². The molecule has 154 valence electrons. The molecule has 0 unspecified atom stereocenters. The lowest BCUT2D eigenvalue weighted by Crippen LogP contribution is -2.30. The number of hydrogen-bond acceptors (Lipinski definition) is 6. The molecular weight excluding hydrogens is 396 g/mol. The lowest BCUT2D eigenvalue weighted by Gasteiger charge is -2.13. The van der Waals surface area contributed by atoms with E-state index >= 15 is 0 Å². The van der Waals surface area contributed by atoms with Gasteiger partial charge in [-0.15, -0.1) is 0 Å². The van der Waals surface area contributed by atoms with Gasteiger partial charge >= 0.3 is 5.97 Å². The number of hydrogen-bond donors (Lipinski definition) is 2. The molecule has 0 saturated heterocycles. The number of rotatable bonds is 9. The van der Waals surface area contributed by atoms with Crippen LogP contribution in [-0.4, -0.2) is 39.5 Å². The Morgan fingerprint density at radius 3 is 2.41 bits per heavy atom. The Morgan fingerprint density at radius 2 is 1.76 bits per heavy atom. The van der Waals surface area contributed by atoms with Gasteiger partial charge in [-0.25, -0.2) is 13.2 Å². The van der Waals surface area contributed by atoms with Crippen LogP contribution in [0, 0.1) is 0 Å². The van der Waals surface area contributed by atoms with Crippen molar-refractivity contribution in [2.45, 2.75) is 30.7 Å². The molecule has 0 aromatic heterocycles. The van der Waals surface area contributed by atoms with Crippen LogP contribution < -0.4 is 14.8 Å². The highest BCUT2D eigenvalue weighted by Gasteiger charge is 2.24. The first-order valence-corrected chi connectivity index (χ1v) is 10.7. The summed E-state index contributed by atoms with van der Waals surface area (Å²) in [6.45, 7) is 1.88. The van der Waals surface area contributed by atoms with Crippen molar-refractivity contribution in [2.24, 2.45) is 0 Å². The number of esters is 1. The Balaban J connectivity index is 1.70. The monoisotopic (exact) mass is 418 g/mol. The minimum atomic E-state index is -3.93. The lowest BCUT2D eigenvalue weighted by molar-refractivity contribution is -0.124. The molecule has 2 aromatic carbocycles. The van der Waals surface area contributed by atoms with E-state index in [9.17, 15) is 18.0 Å². The number of anilines is 1. The molecular formula is C20H22N2O6S. The fourth-order valence-electron chi connectivity index (χ4n) is 2.54. The van der Waals surface area contributed by atoms with Crippen LogP contribution in [0.25, 0.3) is 0 Å². The normalized spacial score (nSPS) is 13.4. The predicted molar refractivity (Wildman–Crippen MR) is 106 cm³/mol. The van der Waals surface area contributed by atoms with Crippen LogP contribution in [0.15, 0.2) is 53.4 Å². The van der Waals surface area contributed by atoms with Crippen LogP contribution in [0.2, 0.25) is 0 Å². The molecule has 0 radical (unpaired) electrons. The van der Waals surface area contributed by atoms with Crippen LogP contribution in [0.1, 0.15) is 30.1 Å². The molecule has 2 aromatic rings. The van der Waals surface area contributed by atoms with Crippen LogP contribution in [0.3, 0.4) is 0 Å². The molecule has 0 atom stereocenters. The molecule has 3 rings (SSSR count). The number of para-hydroxylation sites is 1. The van der Waals surface area contributed by atoms with E-state index in [0.717, 1.165) is 12.8 Å². The van der Waals surface area contributed by atoms with Gasteiger partial charge in [-0.2, -0.15) is 0 Å². The van der Waals surface area contributed by atoms with E-state index in [0.29, 0.717) is 12.4 Å². The summed E-state index contributed by atoms with van der Waals surface area (Å²) in [6.07, 6.45) is 1.85. The summed E-state index contributed by atoms with van der Waals surface area (Å²) in [6, 6.07) is 12.1. The van der Waals surface area contributed by atoms with Gasteiger partial charge in [-0.05, 0) is 56.2 Å². The van der Waals surface area contributed by atoms with Gasteiger partial charge in [-0.3, -0.25) is 9.52 Å². The highest BCUT2D eigenvalue weighted by molar-refractivity contribution is 7.92. The first-order chi connectivity index (χ1) is 13.9. The van der Waals surface area contributed by atoms with Crippen molar-refractivity contribution in [3.8, 4) is 5.75 Å². The third-order valence-corrected chi connectivity index (χ3v) is 5.49. The van der Waals surface area contributed by atoms with Gasteiger partial charge in [0, 0.05) is 6.04 Å². The molecule has 1 fully saturated rings. The van der Waals surface area contributed by atoms with Crippen LogP contribution in [-0.2, 0) is 19.6 Å². The molecule has 1 aliphatic rings. The van der Waals surface area contributed by atoms with Crippen molar-refractivity contribution >= 4 is 27.6 Å². The third kappa shape index (κ3) is 5.71. The number of sulfonamides is 1. The van der Waals surface area contributed by atoms with Crippen molar-refractivity contribution in [1.29, 1.82) is 0 Å². The predicted octanol–water partition coefficient (Wildman–Crippen LogP) is 2.32. The molecule has 0 bridgehead atoms. The van der Waals surface area contributed by atoms with E-state index < -0.39 is 22.6 Å². The van der Waals surface area contributed by atoms with Crippen LogP contribution in [0.5, 0.6) is 5.75 Å². The highest BCUT2D eigenvalue weighted by atomic mass is 32.2. The first-order valence-electron chi connectivity index (χ1n) is 9.20. The van der Waals surface area contributed by atoms with Gasteiger partial charge in [0.15, 0.2) is 6.61 Å². The SMILES string of the molecule is CCOc1ccc(S(=O)(=O)Nc2ccccc2C(=O)OCC(=O)NC2CC2)cc1. The zero-order valence-corrected chi connectivity index (χ0v) is 16.7. The Kier molecular flexibility index (Phi) is 6.38. The molecule has 9 heteroatoms. The number of benzene rings is 2. The zero-order valence-electron chi connectivity index (χ0n) is 15.9. The quantitative estimate of drug-likeness (QED) is 0.605. The van der Waals surface area contributed by atoms with Crippen molar-refractivity contribution in [3.63, 3.8) is 0 Å². The highest BCUT2D eigenvalue weighted by Crippen LogP contribution is 2.23. The average molecular weight is 418 g/mol. The van der Waals surface area contributed by atoms with Gasteiger partial charge in [0.05, 0.1) is 22.8 Å². The summed E-state index contributed by atoms with van der Waals surface area (Å²) in [5.74, 6) is -0.617.